The van der Waals surface area contributed by atoms with E-state index in [2.05, 4.69) is 20.5 Å². The van der Waals surface area contributed by atoms with Crippen LogP contribution in [0.1, 0.15) is 61.5 Å². The molecule has 4 rings (SSSR count). The molecule has 2 heterocycles. The normalized spacial score (nSPS) is 16.7. The Kier molecular flexibility index (Phi) is 5.01. The number of aliphatic hydroxyl groups excluding tert-OH is 1. The quantitative estimate of drug-likeness (QED) is 0.729. The fourth-order valence-electron chi connectivity index (χ4n) is 3.56. The van der Waals surface area contributed by atoms with Crippen LogP contribution in [-0.4, -0.2) is 40.1 Å². The Balaban J connectivity index is 1.60. The topological polar surface area (TPSA) is 94.5 Å². The van der Waals surface area contributed by atoms with E-state index in [0.29, 0.717) is 24.8 Å². The molecule has 8 nitrogen and oxygen atoms in total. The molecule has 1 fully saturated rings. The minimum atomic E-state index is -0.812. The molecule has 8 heteroatoms. The highest BCUT2D eigenvalue weighted by atomic mass is 16.3. The average Bonchev–Trinajstić information content (AvgIpc) is 3.37. The number of hydrogen-bond donors (Lipinski definition) is 1. The van der Waals surface area contributed by atoms with Crippen LogP contribution in [0.25, 0.3) is 0 Å². The SMILES string of the molecule is O[C@@H](c1ccccc1)c1nc(CCn2cnnn2)n(C2CCCCC2)n1. The first-order valence-corrected chi connectivity index (χ1v) is 9.20. The Morgan fingerprint density at radius 3 is 2.65 bits per heavy atom. The van der Waals surface area contributed by atoms with E-state index in [1.807, 2.05) is 35.0 Å². The summed E-state index contributed by atoms with van der Waals surface area (Å²) in [6.45, 7) is 0.638. The molecule has 0 spiro atoms. The summed E-state index contributed by atoms with van der Waals surface area (Å²) in [4.78, 5) is 4.68. The molecule has 1 aliphatic rings. The van der Waals surface area contributed by atoms with Crippen molar-refractivity contribution in [2.24, 2.45) is 0 Å². The van der Waals surface area contributed by atoms with Crippen LogP contribution in [0.15, 0.2) is 36.7 Å². The number of aromatic nitrogens is 7. The van der Waals surface area contributed by atoms with Crippen molar-refractivity contribution in [1.82, 2.24) is 35.0 Å². The Labute approximate surface area is 151 Å². The minimum absolute atomic E-state index is 0.358. The maximum atomic E-state index is 10.7. The third kappa shape index (κ3) is 3.65. The molecule has 1 saturated carbocycles. The zero-order valence-electron chi connectivity index (χ0n) is 14.6. The van der Waals surface area contributed by atoms with E-state index in [9.17, 15) is 5.11 Å². The molecule has 26 heavy (non-hydrogen) atoms. The van der Waals surface area contributed by atoms with Gasteiger partial charge in [0, 0.05) is 6.42 Å². The third-order valence-electron chi connectivity index (χ3n) is 4.95. The number of hydrogen-bond acceptors (Lipinski definition) is 6. The van der Waals surface area contributed by atoms with Crippen LogP contribution in [0.4, 0.5) is 0 Å². The van der Waals surface area contributed by atoms with E-state index in [4.69, 9.17) is 5.10 Å². The molecule has 0 radical (unpaired) electrons. The van der Waals surface area contributed by atoms with Gasteiger partial charge in [0.05, 0.1) is 12.6 Å². The van der Waals surface area contributed by atoms with Crippen molar-refractivity contribution in [3.8, 4) is 0 Å². The molecular weight excluding hydrogens is 330 g/mol. The number of benzene rings is 1. The second-order valence-corrected chi connectivity index (χ2v) is 6.76. The summed E-state index contributed by atoms with van der Waals surface area (Å²) in [5.74, 6) is 1.35. The number of aryl methyl sites for hydroxylation is 2. The molecular formula is C18H23N7O. The maximum Gasteiger partial charge on any atom is 0.183 e. The summed E-state index contributed by atoms with van der Waals surface area (Å²) >= 11 is 0. The largest absolute Gasteiger partial charge is 0.380 e. The number of aliphatic hydroxyl groups is 1. The average molecular weight is 353 g/mol. The Bertz CT molecular complexity index is 809. The first-order chi connectivity index (χ1) is 12.8. The number of tetrazole rings is 1. The van der Waals surface area contributed by atoms with Crippen molar-refractivity contribution in [3.63, 3.8) is 0 Å². The predicted octanol–water partition coefficient (Wildman–Crippen LogP) is 2.09. The summed E-state index contributed by atoms with van der Waals surface area (Å²) in [5.41, 5.74) is 0.806. The van der Waals surface area contributed by atoms with Crippen molar-refractivity contribution in [2.75, 3.05) is 0 Å². The smallest absolute Gasteiger partial charge is 0.183 e. The highest BCUT2D eigenvalue weighted by molar-refractivity contribution is 5.22. The van der Waals surface area contributed by atoms with Crippen LogP contribution in [-0.2, 0) is 13.0 Å². The van der Waals surface area contributed by atoms with Crippen molar-refractivity contribution in [2.45, 2.75) is 57.2 Å². The zero-order valence-corrected chi connectivity index (χ0v) is 14.6. The zero-order chi connectivity index (χ0) is 17.8. The lowest BCUT2D eigenvalue weighted by atomic mass is 9.95. The van der Waals surface area contributed by atoms with Gasteiger partial charge < -0.3 is 5.11 Å². The third-order valence-corrected chi connectivity index (χ3v) is 4.95. The van der Waals surface area contributed by atoms with Crippen LogP contribution >= 0.6 is 0 Å². The van der Waals surface area contributed by atoms with Gasteiger partial charge in [0.25, 0.3) is 0 Å². The monoisotopic (exact) mass is 353 g/mol. The van der Waals surface area contributed by atoms with Gasteiger partial charge in [0.2, 0.25) is 0 Å². The summed E-state index contributed by atoms with van der Waals surface area (Å²) in [5, 5.41) is 26.7. The summed E-state index contributed by atoms with van der Waals surface area (Å²) < 4.78 is 3.72. The lowest BCUT2D eigenvalue weighted by Gasteiger charge is -2.23. The highest BCUT2D eigenvalue weighted by Gasteiger charge is 2.24. The fraction of sp³-hybridized carbons (Fsp3) is 0.500. The van der Waals surface area contributed by atoms with Gasteiger partial charge in [-0.15, -0.1) is 5.10 Å². The Hall–Kier alpha value is -2.61. The van der Waals surface area contributed by atoms with Crippen LogP contribution in [0, 0.1) is 0 Å². The molecule has 0 bridgehead atoms. The summed E-state index contributed by atoms with van der Waals surface area (Å²) in [6, 6.07) is 9.91. The van der Waals surface area contributed by atoms with E-state index >= 15 is 0 Å². The van der Waals surface area contributed by atoms with E-state index in [1.165, 1.54) is 19.3 Å². The van der Waals surface area contributed by atoms with Crippen LogP contribution in [0.3, 0.4) is 0 Å². The van der Waals surface area contributed by atoms with Crippen LogP contribution < -0.4 is 0 Å². The van der Waals surface area contributed by atoms with E-state index < -0.39 is 6.10 Å². The summed E-state index contributed by atoms with van der Waals surface area (Å²) in [7, 11) is 0. The van der Waals surface area contributed by atoms with Gasteiger partial charge >= 0.3 is 0 Å². The number of nitrogens with zero attached hydrogens (tertiary/aromatic N) is 7. The molecule has 1 atom stereocenters. The second kappa shape index (κ2) is 7.74. The predicted molar refractivity (Wildman–Crippen MR) is 94.2 cm³/mol. The van der Waals surface area contributed by atoms with Crippen molar-refractivity contribution >= 4 is 0 Å². The Morgan fingerprint density at radius 1 is 1.12 bits per heavy atom. The van der Waals surface area contributed by atoms with Gasteiger partial charge in [0.1, 0.15) is 18.3 Å². The first kappa shape index (κ1) is 16.8. The van der Waals surface area contributed by atoms with Crippen molar-refractivity contribution in [3.05, 3.63) is 53.9 Å². The molecule has 3 aromatic rings. The molecule has 1 aliphatic carbocycles. The maximum absolute atomic E-state index is 10.7. The lowest BCUT2D eigenvalue weighted by molar-refractivity contribution is 0.208. The van der Waals surface area contributed by atoms with Crippen molar-refractivity contribution in [1.29, 1.82) is 0 Å². The minimum Gasteiger partial charge on any atom is -0.380 e. The van der Waals surface area contributed by atoms with Crippen LogP contribution in [0.5, 0.6) is 0 Å². The van der Waals surface area contributed by atoms with E-state index in [1.54, 1.807) is 11.0 Å². The lowest BCUT2D eigenvalue weighted by Crippen LogP contribution is -2.18. The second-order valence-electron chi connectivity index (χ2n) is 6.76. The standard InChI is InChI=1S/C18H23N7O/c26-17(14-7-3-1-4-8-14)18-20-16(11-12-24-13-19-22-23-24)25(21-18)15-9-5-2-6-10-15/h1,3-4,7-8,13,15,17,26H,2,5-6,9-12H2/t17-/m0/s1. The molecule has 136 valence electrons. The first-order valence-electron chi connectivity index (χ1n) is 9.20. The molecule has 0 amide bonds. The number of rotatable bonds is 6. The molecule has 1 aromatic carbocycles. The molecule has 0 aliphatic heterocycles. The van der Waals surface area contributed by atoms with E-state index in [0.717, 1.165) is 24.2 Å². The van der Waals surface area contributed by atoms with Gasteiger partial charge in [0.15, 0.2) is 5.82 Å². The highest BCUT2D eigenvalue weighted by Crippen LogP contribution is 2.30. The van der Waals surface area contributed by atoms with E-state index in [-0.39, 0.29) is 0 Å². The molecule has 2 aromatic heterocycles. The molecule has 1 N–H and O–H groups in total. The van der Waals surface area contributed by atoms with Gasteiger partial charge in [-0.2, -0.15) is 5.10 Å². The van der Waals surface area contributed by atoms with Crippen molar-refractivity contribution < 1.29 is 5.11 Å². The van der Waals surface area contributed by atoms with Crippen LogP contribution in [0.2, 0.25) is 0 Å². The fourth-order valence-corrected chi connectivity index (χ4v) is 3.56. The molecule has 0 saturated heterocycles. The van der Waals surface area contributed by atoms with Gasteiger partial charge in [-0.3, -0.25) is 0 Å². The van der Waals surface area contributed by atoms with Gasteiger partial charge in [-0.1, -0.05) is 49.6 Å². The van der Waals surface area contributed by atoms with Gasteiger partial charge in [-0.25, -0.2) is 14.3 Å². The summed E-state index contributed by atoms with van der Waals surface area (Å²) in [6.07, 6.45) is 7.40. The molecule has 0 unspecified atom stereocenters. The Morgan fingerprint density at radius 2 is 1.92 bits per heavy atom. The van der Waals surface area contributed by atoms with Gasteiger partial charge in [-0.05, 0) is 28.8 Å².